The summed E-state index contributed by atoms with van der Waals surface area (Å²) >= 11 is 12.8. The molecule has 0 bridgehead atoms. The number of furan rings is 1. The largest absolute Gasteiger partial charge is 0.457 e. The van der Waals surface area contributed by atoms with E-state index in [1.165, 1.54) is 24.6 Å². The van der Waals surface area contributed by atoms with E-state index in [0.29, 0.717) is 30.8 Å². The van der Waals surface area contributed by atoms with Gasteiger partial charge in [-0.25, -0.2) is 10.2 Å². The van der Waals surface area contributed by atoms with Crippen LogP contribution in [-0.2, 0) is 0 Å². The van der Waals surface area contributed by atoms with Crippen molar-refractivity contribution in [2.45, 2.75) is 0 Å². The Morgan fingerprint density at radius 1 is 0.946 bits per heavy atom. The normalized spacial score (nSPS) is 10.8. The SMILES string of the molecule is O=C(NN=Cc1cc(Br)cc(Br)c1OC(=O)c1ccco1)c1cccc(NC(=O)c2ccccc2Cl)c1. The van der Waals surface area contributed by atoms with E-state index in [1.54, 1.807) is 60.7 Å². The van der Waals surface area contributed by atoms with Gasteiger partial charge in [0.1, 0.15) is 0 Å². The number of hydrogen-bond acceptors (Lipinski definition) is 6. The molecule has 3 aromatic carbocycles. The molecule has 37 heavy (non-hydrogen) atoms. The van der Waals surface area contributed by atoms with Crippen molar-refractivity contribution in [2.75, 3.05) is 5.32 Å². The number of hydrazone groups is 1. The third-order valence-corrected chi connectivity index (χ3v) is 6.20. The molecule has 186 valence electrons. The minimum absolute atomic E-state index is 0.0347. The van der Waals surface area contributed by atoms with Gasteiger partial charge in [0, 0.05) is 21.3 Å². The van der Waals surface area contributed by atoms with Crippen LogP contribution in [0.15, 0.2) is 97.5 Å². The highest BCUT2D eigenvalue weighted by atomic mass is 79.9. The lowest BCUT2D eigenvalue weighted by molar-refractivity contribution is 0.0699. The molecule has 4 rings (SSSR count). The maximum absolute atomic E-state index is 12.7. The van der Waals surface area contributed by atoms with Crippen LogP contribution in [0.4, 0.5) is 5.69 Å². The first-order valence-corrected chi connectivity index (χ1v) is 12.5. The van der Waals surface area contributed by atoms with Crippen LogP contribution in [-0.4, -0.2) is 24.0 Å². The minimum Gasteiger partial charge on any atom is -0.457 e. The third kappa shape index (κ3) is 6.73. The Labute approximate surface area is 232 Å². The van der Waals surface area contributed by atoms with Crippen molar-refractivity contribution in [3.8, 4) is 5.75 Å². The first-order chi connectivity index (χ1) is 17.8. The Kier molecular flexibility index (Phi) is 8.54. The predicted octanol–water partition coefficient (Wildman–Crippen LogP) is 6.69. The van der Waals surface area contributed by atoms with Gasteiger partial charge in [-0.05, 0) is 70.5 Å². The van der Waals surface area contributed by atoms with E-state index in [2.05, 4.69) is 47.7 Å². The summed E-state index contributed by atoms with van der Waals surface area (Å²) in [4.78, 5) is 37.5. The number of carbonyl (C=O) groups is 3. The van der Waals surface area contributed by atoms with Crippen LogP contribution in [0, 0.1) is 0 Å². The second-order valence-electron chi connectivity index (χ2n) is 7.39. The number of rotatable bonds is 7. The average molecular weight is 646 g/mol. The molecule has 0 saturated carbocycles. The van der Waals surface area contributed by atoms with Gasteiger partial charge < -0.3 is 14.5 Å². The average Bonchev–Trinajstić information content (AvgIpc) is 3.41. The lowest BCUT2D eigenvalue weighted by Gasteiger charge is -2.10. The van der Waals surface area contributed by atoms with Crippen LogP contribution < -0.4 is 15.5 Å². The van der Waals surface area contributed by atoms with Crippen LogP contribution in [0.1, 0.15) is 36.8 Å². The topological polar surface area (TPSA) is 110 Å². The molecule has 0 atom stereocenters. The molecule has 4 aromatic rings. The minimum atomic E-state index is -0.692. The van der Waals surface area contributed by atoms with Gasteiger partial charge in [0.15, 0.2) is 5.75 Å². The number of nitrogens with zero attached hydrogens (tertiary/aromatic N) is 1. The maximum atomic E-state index is 12.7. The molecule has 0 aliphatic carbocycles. The number of anilines is 1. The van der Waals surface area contributed by atoms with E-state index in [9.17, 15) is 14.4 Å². The molecule has 0 aliphatic rings. The second kappa shape index (κ2) is 12.0. The highest BCUT2D eigenvalue weighted by Gasteiger charge is 2.17. The summed E-state index contributed by atoms with van der Waals surface area (Å²) in [5.74, 6) is -1.40. The summed E-state index contributed by atoms with van der Waals surface area (Å²) in [5.41, 5.74) is 3.81. The monoisotopic (exact) mass is 643 g/mol. The number of halogens is 3. The van der Waals surface area contributed by atoms with E-state index < -0.39 is 17.8 Å². The van der Waals surface area contributed by atoms with Crippen molar-refractivity contribution >= 4 is 73.1 Å². The number of esters is 1. The Morgan fingerprint density at radius 2 is 1.76 bits per heavy atom. The van der Waals surface area contributed by atoms with Crippen LogP contribution in [0.5, 0.6) is 5.75 Å². The standard InChI is InChI=1S/C26H16Br2ClN3O5/c27-17-11-16(23(20(28)13-17)37-26(35)22-9-4-10-36-22)14-30-32-24(33)15-5-3-6-18(12-15)31-25(34)19-7-1-2-8-21(19)29/h1-14H,(H,31,34)(H,32,33). The Morgan fingerprint density at radius 3 is 2.51 bits per heavy atom. The molecular formula is C26H16Br2ClN3O5. The molecule has 0 saturated heterocycles. The van der Waals surface area contributed by atoms with E-state index in [4.69, 9.17) is 20.8 Å². The first kappa shape index (κ1) is 26.3. The highest BCUT2D eigenvalue weighted by Crippen LogP contribution is 2.32. The molecule has 2 amide bonds. The summed E-state index contributed by atoms with van der Waals surface area (Å²) in [5, 5.41) is 7.03. The predicted molar refractivity (Wildman–Crippen MR) is 146 cm³/mol. The zero-order valence-electron chi connectivity index (χ0n) is 18.7. The fraction of sp³-hybridized carbons (Fsp3) is 0. The van der Waals surface area contributed by atoms with Gasteiger partial charge >= 0.3 is 5.97 Å². The van der Waals surface area contributed by atoms with Crippen LogP contribution in [0.25, 0.3) is 0 Å². The Balaban J connectivity index is 1.46. The summed E-state index contributed by atoms with van der Waals surface area (Å²) in [7, 11) is 0. The van der Waals surface area contributed by atoms with Gasteiger partial charge in [0.2, 0.25) is 5.76 Å². The Bertz CT molecular complexity index is 1510. The zero-order chi connectivity index (χ0) is 26.4. The van der Waals surface area contributed by atoms with Gasteiger partial charge in [0.05, 0.1) is 27.5 Å². The first-order valence-electron chi connectivity index (χ1n) is 10.6. The molecule has 0 radical (unpaired) electrons. The molecule has 11 heteroatoms. The van der Waals surface area contributed by atoms with Crippen LogP contribution in [0.2, 0.25) is 5.02 Å². The Hall–Kier alpha value is -3.73. The maximum Gasteiger partial charge on any atom is 0.379 e. The number of ether oxygens (including phenoxy) is 1. The molecule has 0 aliphatic heterocycles. The second-order valence-corrected chi connectivity index (χ2v) is 9.56. The molecule has 8 nitrogen and oxygen atoms in total. The number of amides is 2. The van der Waals surface area contributed by atoms with Crippen molar-refractivity contribution in [1.82, 2.24) is 5.43 Å². The van der Waals surface area contributed by atoms with Crippen molar-refractivity contribution in [1.29, 1.82) is 0 Å². The fourth-order valence-corrected chi connectivity index (χ4v) is 4.69. The number of nitrogens with one attached hydrogen (secondary N) is 2. The number of carbonyl (C=O) groups excluding carboxylic acids is 3. The van der Waals surface area contributed by atoms with Crippen molar-refractivity contribution in [3.63, 3.8) is 0 Å². The van der Waals surface area contributed by atoms with Crippen molar-refractivity contribution < 1.29 is 23.5 Å². The van der Waals surface area contributed by atoms with Gasteiger partial charge in [-0.1, -0.05) is 45.7 Å². The molecule has 0 spiro atoms. The molecule has 2 N–H and O–H groups in total. The number of hydrogen-bond donors (Lipinski definition) is 2. The van der Waals surface area contributed by atoms with Crippen LogP contribution >= 0.6 is 43.5 Å². The van der Waals surface area contributed by atoms with E-state index in [0.717, 1.165) is 0 Å². The molecule has 1 heterocycles. The van der Waals surface area contributed by atoms with Crippen LogP contribution in [0.3, 0.4) is 0 Å². The quantitative estimate of drug-likeness (QED) is 0.101. The van der Waals surface area contributed by atoms with E-state index in [-0.39, 0.29) is 17.1 Å². The fourth-order valence-electron chi connectivity index (χ4n) is 3.13. The van der Waals surface area contributed by atoms with Gasteiger partial charge in [-0.2, -0.15) is 5.10 Å². The van der Waals surface area contributed by atoms with E-state index >= 15 is 0 Å². The highest BCUT2D eigenvalue weighted by molar-refractivity contribution is 9.11. The van der Waals surface area contributed by atoms with Crippen molar-refractivity contribution in [2.24, 2.45) is 5.10 Å². The van der Waals surface area contributed by atoms with E-state index in [1.807, 2.05) is 0 Å². The lowest BCUT2D eigenvalue weighted by Crippen LogP contribution is -2.18. The lowest BCUT2D eigenvalue weighted by atomic mass is 10.1. The van der Waals surface area contributed by atoms with Gasteiger partial charge in [0.25, 0.3) is 11.8 Å². The van der Waals surface area contributed by atoms with Gasteiger partial charge in [-0.15, -0.1) is 0 Å². The molecule has 1 aromatic heterocycles. The summed E-state index contributed by atoms with van der Waals surface area (Å²) in [6.07, 6.45) is 2.70. The smallest absolute Gasteiger partial charge is 0.379 e. The molecule has 0 unspecified atom stereocenters. The summed E-state index contributed by atoms with van der Waals surface area (Å²) < 4.78 is 11.7. The van der Waals surface area contributed by atoms with Gasteiger partial charge in [-0.3, -0.25) is 9.59 Å². The zero-order valence-corrected chi connectivity index (χ0v) is 22.6. The summed E-state index contributed by atoms with van der Waals surface area (Å²) in [6, 6.07) is 19.4. The molecule has 0 fully saturated rings. The number of benzene rings is 3. The van der Waals surface area contributed by atoms with Crippen molar-refractivity contribution in [3.05, 3.63) is 115 Å². The third-order valence-electron chi connectivity index (χ3n) is 4.83. The molecular weight excluding hydrogens is 630 g/mol. The summed E-state index contributed by atoms with van der Waals surface area (Å²) in [6.45, 7) is 0.